The van der Waals surface area contributed by atoms with Gasteiger partial charge >= 0.3 is 0 Å². The van der Waals surface area contributed by atoms with Crippen molar-refractivity contribution in [2.45, 2.75) is 25.3 Å². The zero-order valence-corrected chi connectivity index (χ0v) is 18.4. The van der Waals surface area contributed by atoms with E-state index in [1.165, 1.54) is 10.8 Å². The lowest BCUT2D eigenvalue weighted by atomic mass is 9.92. The summed E-state index contributed by atoms with van der Waals surface area (Å²) in [6, 6.07) is 12.5. The molecule has 1 aliphatic heterocycles. The Morgan fingerprint density at radius 1 is 0.933 bits per heavy atom. The van der Waals surface area contributed by atoms with E-state index in [0.717, 1.165) is 35.9 Å². The predicted molar refractivity (Wildman–Crippen MR) is 123 cm³/mol. The van der Waals surface area contributed by atoms with Crippen LogP contribution in [0.3, 0.4) is 0 Å². The molecule has 0 radical (unpaired) electrons. The molecule has 0 spiro atoms. The van der Waals surface area contributed by atoms with E-state index in [1.54, 1.807) is 18.2 Å². The highest BCUT2D eigenvalue weighted by atomic mass is 35.5. The van der Waals surface area contributed by atoms with Crippen LogP contribution in [-0.2, 0) is 6.42 Å². The Balaban J connectivity index is 1.66. The van der Waals surface area contributed by atoms with Crippen molar-refractivity contribution in [1.82, 2.24) is 9.88 Å². The third-order valence-corrected chi connectivity index (χ3v) is 6.51. The summed E-state index contributed by atoms with van der Waals surface area (Å²) in [6.45, 7) is 0.612. The summed E-state index contributed by atoms with van der Waals surface area (Å²) in [5, 5.41) is 4.01. The van der Waals surface area contributed by atoms with E-state index in [1.807, 2.05) is 29.2 Å². The number of nitrogens with one attached hydrogen (secondary N) is 1. The van der Waals surface area contributed by atoms with Crippen molar-refractivity contribution in [3.05, 3.63) is 90.5 Å². The molecule has 2 aromatic carbocycles. The number of hydrogen-bond donors (Lipinski definition) is 1. The molecule has 0 fully saturated rings. The number of nitrogens with zero attached hydrogens (tertiary/aromatic N) is 1. The molecule has 3 aromatic rings. The second kappa shape index (κ2) is 7.81. The Kier molecular flexibility index (Phi) is 5.14. The van der Waals surface area contributed by atoms with Crippen molar-refractivity contribution in [2.24, 2.45) is 0 Å². The SMILES string of the molecule is O=C(c1cc(Cl)cc(Cl)c1)N1CCc2c([nH]c3c2=CCCC=3)C1c1ccc(Cl)cc1. The maximum absolute atomic E-state index is 13.6. The Labute approximate surface area is 189 Å². The molecule has 2 heterocycles. The predicted octanol–water partition coefficient (Wildman–Crippen LogP) is 5.12. The molecular weight excluding hydrogens is 439 g/mol. The monoisotopic (exact) mass is 456 g/mol. The number of halogens is 3. The van der Waals surface area contributed by atoms with Gasteiger partial charge in [-0.1, -0.05) is 59.1 Å². The average Bonchev–Trinajstić information content (AvgIpc) is 3.11. The van der Waals surface area contributed by atoms with Crippen LogP contribution < -0.4 is 10.6 Å². The molecule has 0 bridgehead atoms. The van der Waals surface area contributed by atoms with Gasteiger partial charge in [0.15, 0.2) is 0 Å². The second-order valence-corrected chi connectivity index (χ2v) is 9.00. The van der Waals surface area contributed by atoms with Crippen molar-refractivity contribution in [3.63, 3.8) is 0 Å². The maximum atomic E-state index is 13.6. The van der Waals surface area contributed by atoms with Crippen LogP contribution >= 0.6 is 34.8 Å². The van der Waals surface area contributed by atoms with Gasteiger partial charge in [-0.2, -0.15) is 0 Å². The minimum atomic E-state index is -0.233. The fourth-order valence-corrected chi connectivity index (χ4v) is 5.17. The van der Waals surface area contributed by atoms with Crippen molar-refractivity contribution in [1.29, 1.82) is 0 Å². The number of carbonyl (C=O) groups is 1. The molecule has 3 nitrogen and oxygen atoms in total. The summed E-state index contributed by atoms with van der Waals surface area (Å²) in [7, 11) is 0. The molecule has 1 amide bonds. The van der Waals surface area contributed by atoms with Crippen molar-refractivity contribution in [2.75, 3.05) is 6.54 Å². The highest BCUT2D eigenvalue weighted by molar-refractivity contribution is 6.35. The van der Waals surface area contributed by atoms with Gasteiger partial charge < -0.3 is 9.88 Å². The molecule has 0 saturated heterocycles. The smallest absolute Gasteiger partial charge is 0.254 e. The fraction of sp³-hybridized carbons (Fsp3) is 0.208. The molecule has 1 aliphatic carbocycles. The minimum absolute atomic E-state index is 0.0921. The van der Waals surface area contributed by atoms with Crippen LogP contribution in [0.4, 0.5) is 0 Å². The van der Waals surface area contributed by atoms with E-state index >= 15 is 0 Å². The summed E-state index contributed by atoms with van der Waals surface area (Å²) in [5.41, 5.74) is 3.88. The molecule has 5 rings (SSSR count). The fourth-order valence-electron chi connectivity index (χ4n) is 4.52. The Morgan fingerprint density at radius 2 is 1.63 bits per heavy atom. The molecule has 1 unspecified atom stereocenters. The first-order chi connectivity index (χ1) is 14.5. The number of hydrogen-bond acceptors (Lipinski definition) is 1. The molecule has 30 heavy (non-hydrogen) atoms. The summed E-state index contributed by atoms with van der Waals surface area (Å²) in [4.78, 5) is 19.1. The topological polar surface area (TPSA) is 36.1 Å². The van der Waals surface area contributed by atoms with E-state index in [9.17, 15) is 4.79 Å². The summed E-state index contributed by atoms with van der Waals surface area (Å²) < 4.78 is 0. The van der Waals surface area contributed by atoms with Gasteiger partial charge in [-0.3, -0.25) is 4.79 Å². The summed E-state index contributed by atoms with van der Waals surface area (Å²) >= 11 is 18.5. The van der Waals surface area contributed by atoms with Gasteiger partial charge in [0.05, 0.1) is 6.04 Å². The van der Waals surface area contributed by atoms with Crippen LogP contribution in [0, 0.1) is 0 Å². The Morgan fingerprint density at radius 3 is 2.37 bits per heavy atom. The molecule has 152 valence electrons. The Bertz CT molecular complexity index is 1240. The van der Waals surface area contributed by atoms with E-state index in [4.69, 9.17) is 34.8 Å². The quantitative estimate of drug-likeness (QED) is 0.570. The van der Waals surface area contributed by atoms with Crippen LogP contribution in [0.5, 0.6) is 0 Å². The standard InChI is InChI=1S/C24H19Cl3N2O/c25-16-7-5-14(6-8-16)23-22-20(19-3-1-2-4-21(19)28-22)9-10-29(23)24(30)15-11-17(26)13-18(27)12-15/h3-8,11-13,23,28H,1-2,9-10H2. The minimum Gasteiger partial charge on any atom is -0.356 e. The van der Waals surface area contributed by atoms with Gasteiger partial charge in [0.1, 0.15) is 0 Å². The molecule has 6 heteroatoms. The number of rotatable bonds is 2. The lowest BCUT2D eigenvalue weighted by Crippen LogP contribution is -2.41. The third kappa shape index (κ3) is 3.45. The lowest BCUT2D eigenvalue weighted by molar-refractivity contribution is 0.0691. The number of fused-ring (bicyclic) bond motifs is 3. The summed E-state index contributed by atoms with van der Waals surface area (Å²) in [5.74, 6) is -0.0921. The highest BCUT2D eigenvalue weighted by Gasteiger charge is 2.34. The van der Waals surface area contributed by atoms with E-state index in [2.05, 4.69) is 17.1 Å². The second-order valence-electron chi connectivity index (χ2n) is 7.69. The molecule has 0 saturated carbocycles. The highest BCUT2D eigenvalue weighted by Crippen LogP contribution is 2.35. The molecule has 1 aromatic heterocycles. The third-order valence-electron chi connectivity index (χ3n) is 5.82. The summed E-state index contributed by atoms with van der Waals surface area (Å²) in [6.07, 6.45) is 7.43. The van der Waals surface area contributed by atoms with Gasteiger partial charge in [-0.05, 0) is 65.9 Å². The maximum Gasteiger partial charge on any atom is 0.254 e. The van der Waals surface area contributed by atoms with Crippen LogP contribution in [0.2, 0.25) is 15.1 Å². The Hall–Kier alpha value is -2.20. The van der Waals surface area contributed by atoms with Crippen LogP contribution in [0.15, 0.2) is 42.5 Å². The number of benzene rings is 2. The first-order valence-corrected chi connectivity index (χ1v) is 11.1. The van der Waals surface area contributed by atoms with Gasteiger partial charge in [-0.15, -0.1) is 0 Å². The number of carbonyl (C=O) groups excluding carboxylic acids is 1. The van der Waals surface area contributed by atoms with E-state index in [0.29, 0.717) is 27.2 Å². The molecule has 2 aliphatic rings. The molecule has 1 N–H and O–H groups in total. The first-order valence-electron chi connectivity index (χ1n) is 9.95. The zero-order chi connectivity index (χ0) is 20.8. The van der Waals surface area contributed by atoms with Crippen LogP contribution in [0.25, 0.3) is 12.2 Å². The van der Waals surface area contributed by atoms with E-state index < -0.39 is 0 Å². The number of aromatic nitrogens is 1. The average molecular weight is 458 g/mol. The normalized spacial score (nSPS) is 17.6. The number of H-pyrrole nitrogens is 1. The van der Waals surface area contributed by atoms with E-state index in [-0.39, 0.29) is 11.9 Å². The van der Waals surface area contributed by atoms with Gasteiger partial charge in [0.25, 0.3) is 5.91 Å². The van der Waals surface area contributed by atoms with Gasteiger partial charge in [0.2, 0.25) is 0 Å². The van der Waals surface area contributed by atoms with Crippen LogP contribution in [0.1, 0.15) is 46.1 Å². The number of aromatic amines is 1. The van der Waals surface area contributed by atoms with Gasteiger partial charge in [0, 0.05) is 38.2 Å². The largest absolute Gasteiger partial charge is 0.356 e. The van der Waals surface area contributed by atoms with Crippen molar-refractivity contribution in [3.8, 4) is 0 Å². The first kappa shape index (κ1) is 19.7. The number of amides is 1. The van der Waals surface area contributed by atoms with Gasteiger partial charge in [-0.25, -0.2) is 0 Å². The van der Waals surface area contributed by atoms with Crippen molar-refractivity contribution < 1.29 is 4.79 Å². The zero-order valence-electron chi connectivity index (χ0n) is 16.1. The van der Waals surface area contributed by atoms with Crippen molar-refractivity contribution >= 4 is 52.9 Å². The van der Waals surface area contributed by atoms with Crippen LogP contribution in [-0.4, -0.2) is 22.3 Å². The molecule has 1 atom stereocenters. The molecular formula is C24H19Cl3N2O. The lowest BCUT2D eigenvalue weighted by Gasteiger charge is -2.36.